The van der Waals surface area contributed by atoms with Crippen LogP contribution in [0.25, 0.3) is 16.6 Å². The number of methoxy groups -OCH3 is 1. The summed E-state index contributed by atoms with van der Waals surface area (Å²) in [6, 6.07) is 18.2. The zero-order valence-corrected chi connectivity index (χ0v) is 16.7. The largest absolute Gasteiger partial charge is 0.497 e. The second-order valence-electron chi connectivity index (χ2n) is 6.96. The molecular weight excluding hydrogens is 400 g/mol. The minimum absolute atomic E-state index is 0.0888. The zero-order chi connectivity index (χ0) is 20.1. The molecule has 0 fully saturated rings. The molecule has 1 unspecified atom stereocenters. The summed E-state index contributed by atoms with van der Waals surface area (Å²) in [5.41, 5.74) is 7.30. The number of fused-ring (bicyclic) bond motifs is 4. The van der Waals surface area contributed by atoms with Crippen molar-refractivity contribution in [1.82, 2.24) is 34.9 Å². The van der Waals surface area contributed by atoms with Crippen LogP contribution in [-0.2, 0) is 6.42 Å². The molecular formula is C20H16N8OS. The smallest absolute Gasteiger partial charge is 0.212 e. The number of ether oxygens (including phenoxy) is 1. The van der Waals surface area contributed by atoms with Gasteiger partial charge in [-0.25, -0.2) is 4.68 Å². The van der Waals surface area contributed by atoms with Crippen LogP contribution in [0.5, 0.6) is 5.75 Å². The molecule has 0 saturated carbocycles. The molecule has 1 atom stereocenters. The number of hydrogen-bond donors (Lipinski definition) is 1. The Kier molecular flexibility index (Phi) is 3.85. The van der Waals surface area contributed by atoms with Crippen molar-refractivity contribution >= 4 is 28.3 Å². The SMILES string of the molecule is COc1ccc2c(c1)cc(C1Nn3c(Cc4ccccc4)nnc3S1)c1nnnn12. The molecule has 5 aromatic rings. The molecule has 1 aliphatic rings. The normalized spacial score (nSPS) is 15.4. The van der Waals surface area contributed by atoms with Crippen LogP contribution in [-0.4, -0.2) is 42.0 Å². The van der Waals surface area contributed by atoms with Gasteiger partial charge in [0, 0.05) is 17.4 Å². The van der Waals surface area contributed by atoms with Crippen molar-refractivity contribution in [3.8, 4) is 5.75 Å². The molecule has 1 N–H and O–H groups in total. The van der Waals surface area contributed by atoms with Gasteiger partial charge in [0.2, 0.25) is 5.16 Å². The van der Waals surface area contributed by atoms with E-state index < -0.39 is 0 Å². The number of benzene rings is 2. The Balaban J connectivity index is 1.39. The second kappa shape index (κ2) is 6.70. The van der Waals surface area contributed by atoms with E-state index in [1.54, 1.807) is 23.4 Å². The van der Waals surface area contributed by atoms with E-state index in [1.807, 2.05) is 41.1 Å². The fraction of sp³-hybridized carbons (Fsp3) is 0.150. The lowest BCUT2D eigenvalue weighted by Gasteiger charge is -2.14. The first kappa shape index (κ1) is 17.2. The predicted octanol–water partition coefficient (Wildman–Crippen LogP) is 2.82. The van der Waals surface area contributed by atoms with Crippen molar-refractivity contribution in [2.75, 3.05) is 12.5 Å². The van der Waals surface area contributed by atoms with Gasteiger partial charge in [0.1, 0.15) is 11.1 Å². The topological polar surface area (TPSA) is 95.0 Å². The highest BCUT2D eigenvalue weighted by molar-refractivity contribution is 7.99. The molecule has 0 radical (unpaired) electrons. The molecule has 0 aliphatic carbocycles. The number of nitrogens with one attached hydrogen (secondary N) is 1. The summed E-state index contributed by atoms with van der Waals surface area (Å²) >= 11 is 1.60. The van der Waals surface area contributed by atoms with Crippen molar-refractivity contribution in [2.45, 2.75) is 17.0 Å². The summed E-state index contributed by atoms with van der Waals surface area (Å²) in [5, 5.41) is 22.8. The van der Waals surface area contributed by atoms with Crippen LogP contribution < -0.4 is 10.2 Å². The molecule has 0 saturated heterocycles. The fourth-order valence-corrected chi connectivity index (χ4v) is 4.72. The highest BCUT2D eigenvalue weighted by atomic mass is 32.2. The first-order valence-corrected chi connectivity index (χ1v) is 10.3. The second-order valence-corrected chi connectivity index (χ2v) is 8.03. The number of rotatable bonds is 4. The Hall–Kier alpha value is -3.66. The van der Waals surface area contributed by atoms with Gasteiger partial charge in [-0.1, -0.05) is 42.1 Å². The van der Waals surface area contributed by atoms with Gasteiger partial charge in [0.15, 0.2) is 11.5 Å². The van der Waals surface area contributed by atoms with Gasteiger partial charge >= 0.3 is 0 Å². The summed E-state index contributed by atoms with van der Waals surface area (Å²) in [4.78, 5) is 0. The quantitative estimate of drug-likeness (QED) is 0.478. The lowest BCUT2D eigenvalue weighted by atomic mass is 10.1. The van der Waals surface area contributed by atoms with Crippen LogP contribution in [0.2, 0.25) is 0 Å². The van der Waals surface area contributed by atoms with Crippen LogP contribution in [0.15, 0.2) is 59.8 Å². The average molecular weight is 416 g/mol. The van der Waals surface area contributed by atoms with Crippen molar-refractivity contribution in [1.29, 1.82) is 0 Å². The highest BCUT2D eigenvalue weighted by Gasteiger charge is 2.30. The van der Waals surface area contributed by atoms with E-state index in [1.165, 1.54) is 5.56 Å². The summed E-state index contributed by atoms with van der Waals surface area (Å²) in [6.45, 7) is 0. The molecule has 30 heavy (non-hydrogen) atoms. The van der Waals surface area contributed by atoms with E-state index in [2.05, 4.69) is 49.3 Å². The van der Waals surface area contributed by atoms with Crippen molar-refractivity contribution < 1.29 is 4.74 Å². The highest BCUT2D eigenvalue weighted by Crippen LogP contribution is 2.41. The Bertz CT molecular complexity index is 1380. The van der Waals surface area contributed by atoms with Crippen LogP contribution in [0, 0.1) is 0 Å². The standard InChI is InChI=1S/C20H16N8OS/c1-29-14-7-8-16-13(10-14)11-15(18-22-25-26-27(16)18)19-24-28-17(21-23-20(28)30-19)9-12-5-3-2-4-6-12/h2-8,10-11,19,24H,9H2,1H3. The first-order chi connectivity index (χ1) is 14.8. The summed E-state index contributed by atoms with van der Waals surface area (Å²) in [7, 11) is 1.66. The zero-order valence-electron chi connectivity index (χ0n) is 15.9. The van der Waals surface area contributed by atoms with Crippen LogP contribution in [0.1, 0.15) is 22.3 Å². The van der Waals surface area contributed by atoms with Gasteiger partial charge in [-0.3, -0.25) is 0 Å². The monoisotopic (exact) mass is 416 g/mol. The van der Waals surface area contributed by atoms with E-state index >= 15 is 0 Å². The third-order valence-electron chi connectivity index (χ3n) is 5.16. The maximum absolute atomic E-state index is 5.39. The third-order valence-corrected chi connectivity index (χ3v) is 6.23. The van der Waals surface area contributed by atoms with Gasteiger partial charge in [-0.15, -0.1) is 15.3 Å². The predicted molar refractivity (Wildman–Crippen MR) is 112 cm³/mol. The molecule has 0 bridgehead atoms. The molecule has 9 nitrogen and oxygen atoms in total. The van der Waals surface area contributed by atoms with Crippen LogP contribution in [0.4, 0.5) is 0 Å². The number of hydrogen-bond acceptors (Lipinski definition) is 8. The summed E-state index contributed by atoms with van der Waals surface area (Å²) < 4.78 is 9.10. The molecule has 3 aromatic heterocycles. The Morgan fingerprint density at radius 1 is 1.07 bits per heavy atom. The van der Waals surface area contributed by atoms with E-state index in [-0.39, 0.29) is 5.37 Å². The van der Waals surface area contributed by atoms with E-state index in [0.29, 0.717) is 12.1 Å². The van der Waals surface area contributed by atoms with E-state index in [9.17, 15) is 0 Å². The van der Waals surface area contributed by atoms with E-state index in [4.69, 9.17) is 4.74 Å². The number of thioether (sulfide) groups is 1. The molecule has 10 heteroatoms. The minimum atomic E-state index is -0.0888. The van der Waals surface area contributed by atoms with Gasteiger partial charge in [-0.2, -0.15) is 4.52 Å². The molecule has 0 amide bonds. The van der Waals surface area contributed by atoms with Crippen molar-refractivity contribution in [3.63, 3.8) is 0 Å². The van der Waals surface area contributed by atoms with Crippen molar-refractivity contribution in [2.24, 2.45) is 0 Å². The summed E-state index contributed by atoms with van der Waals surface area (Å²) in [6.07, 6.45) is 0.699. The molecule has 6 rings (SSSR count). The lowest BCUT2D eigenvalue weighted by molar-refractivity contribution is 0.415. The van der Waals surface area contributed by atoms with Gasteiger partial charge < -0.3 is 10.2 Å². The Labute approximate surface area is 175 Å². The number of pyridine rings is 1. The van der Waals surface area contributed by atoms with Crippen LogP contribution in [0.3, 0.4) is 0 Å². The average Bonchev–Trinajstić information content (AvgIpc) is 3.51. The fourth-order valence-electron chi connectivity index (χ4n) is 3.70. The summed E-state index contributed by atoms with van der Waals surface area (Å²) in [5.74, 6) is 1.65. The molecule has 1 aliphatic heterocycles. The van der Waals surface area contributed by atoms with Gasteiger partial charge in [0.05, 0.1) is 12.6 Å². The third kappa shape index (κ3) is 2.68. The van der Waals surface area contributed by atoms with E-state index in [0.717, 1.165) is 33.2 Å². The molecule has 148 valence electrons. The Morgan fingerprint density at radius 3 is 2.83 bits per heavy atom. The molecule has 0 spiro atoms. The maximum Gasteiger partial charge on any atom is 0.212 e. The number of tetrazole rings is 1. The molecule has 2 aromatic carbocycles. The number of nitrogens with zero attached hydrogens (tertiary/aromatic N) is 7. The van der Waals surface area contributed by atoms with Gasteiger partial charge in [0.25, 0.3) is 0 Å². The van der Waals surface area contributed by atoms with Crippen LogP contribution >= 0.6 is 11.8 Å². The van der Waals surface area contributed by atoms with Crippen molar-refractivity contribution in [3.05, 3.63) is 71.5 Å². The lowest BCUT2D eigenvalue weighted by Crippen LogP contribution is -2.16. The molecule has 4 heterocycles. The minimum Gasteiger partial charge on any atom is -0.497 e. The Morgan fingerprint density at radius 2 is 1.97 bits per heavy atom. The maximum atomic E-state index is 5.39. The first-order valence-electron chi connectivity index (χ1n) is 9.40. The van der Waals surface area contributed by atoms with Gasteiger partial charge in [-0.05, 0) is 40.3 Å². The number of aromatic nitrogens is 7.